The number of phenolic OH excluding ortho intramolecular Hbond substituents is 1. The van der Waals surface area contributed by atoms with Crippen molar-refractivity contribution in [1.82, 2.24) is 0 Å². The predicted octanol–water partition coefficient (Wildman–Crippen LogP) is 3.68. The van der Waals surface area contributed by atoms with Gasteiger partial charge >= 0.3 is 0 Å². The van der Waals surface area contributed by atoms with Crippen molar-refractivity contribution in [3.8, 4) is 11.5 Å². The largest absolute Gasteiger partial charge is 0.506 e. The van der Waals surface area contributed by atoms with Crippen molar-refractivity contribution in [2.24, 2.45) is 0 Å². The first kappa shape index (κ1) is 12.2. The zero-order valence-electron chi connectivity index (χ0n) is 9.61. The monoisotopic (exact) mass is 296 g/mol. The molecule has 0 saturated carbocycles. The lowest BCUT2D eigenvalue weighted by Crippen LogP contribution is -2.13. The number of aromatic hydroxyl groups is 1. The van der Waals surface area contributed by atoms with E-state index in [0.717, 1.165) is 10.8 Å². The van der Waals surface area contributed by atoms with Gasteiger partial charge in [-0.25, -0.2) is 0 Å². The van der Waals surface area contributed by atoms with Crippen LogP contribution in [-0.2, 0) is 4.74 Å². The van der Waals surface area contributed by atoms with Gasteiger partial charge in [0.2, 0.25) is 0 Å². The number of phenols is 1. The number of fused-ring (bicyclic) bond motifs is 1. The zero-order chi connectivity index (χ0) is 12.4. The summed E-state index contributed by atoms with van der Waals surface area (Å²) in [5, 5.41) is 11.6. The first-order chi connectivity index (χ1) is 8.11. The van der Waals surface area contributed by atoms with Crippen molar-refractivity contribution < 1.29 is 14.6 Å². The van der Waals surface area contributed by atoms with Crippen LogP contribution in [0.15, 0.2) is 34.8 Å². The van der Waals surface area contributed by atoms with Gasteiger partial charge in [-0.05, 0) is 52.5 Å². The van der Waals surface area contributed by atoms with Crippen LogP contribution in [0.4, 0.5) is 0 Å². The summed E-state index contributed by atoms with van der Waals surface area (Å²) in [6.45, 7) is 1.82. The summed E-state index contributed by atoms with van der Waals surface area (Å²) in [5.41, 5.74) is 0. The van der Waals surface area contributed by atoms with Gasteiger partial charge in [-0.2, -0.15) is 0 Å². The second kappa shape index (κ2) is 4.94. The molecule has 3 nitrogen and oxygen atoms in total. The number of hydrogen-bond donors (Lipinski definition) is 1. The maximum Gasteiger partial charge on any atom is 0.196 e. The Morgan fingerprint density at radius 2 is 2.00 bits per heavy atom. The molecule has 1 N–H and O–H groups in total. The minimum Gasteiger partial charge on any atom is -0.506 e. The lowest BCUT2D eigenvalue weighted by molar-refractivity contribution is -0.0381. The quantitative estimate of drug-likeness (QED) is 0.878. The molecule has 2 aromatic rings. The molecule has 0 spiro atoms. The molecule has 0 radical (unpaired) electrons. The Morgan fingerprint density at radius 1 is 1.24 bits per heavy atom. The summed E-state index contributed by atoms with van der Waals surface area (Å²) in [6.07, 6.45) is -0.295. The van der Waals surface area contributed by atoms with Gasteiger partial charge in [0.15, 0.2) is 6.29 Å². The van der Waals surface area contributed by atoms with Gasteiger partial charge in [0.1, 0.15) is 11.5 Å². The molecule has 0 heterocycles. The predicted molar refractivity (Wildman–Crippen MR) is 70.4 cm³/mol. The second-order valence-corrected chi connectivity index (χ2v) is 4.55. The smallest absolute Gasteiger partial charge is 0.196 e. The fourth-order valence-electron chi connectivity index (χ4n) is 1.58. The molecule has 2 aromatic carbocycles. The highest BCUT2D eigenvalue weighted by Crippen LogP contribution is 2.34. The van der Waals surface area contributed by atoms with Crippen LogP contribution in [0.1, 0.15) is 6.92 Å². The Kier molecular flexibility index (Phi) is 3.54. The Bertz CT molecular complexity index is 539. The normalized spacial score (nSPS) is 12.6. The van der Waals surface area contributed by atoms with E-state index >= 15 is 0 Å². The summed E-state index contributed by atoms with van der Waals surface area (Å²) >= 11 is 3.29. The van der Waals surface area contributed by atoms with E-state index in [4.69, 9.17) is 9.47 Å². The number of rotatable bonds is 3. The van der Waals surface area contributed by atoms with Gasteiger partial charge in [-0.15, -0.1) is 0 Å². The summed E-state index contributed by atoms with van der Waals surface area (Å²) in [7, 11) is 1.59. The van der Waals surface area contributed by atoms with Crippen molar-refractivity contribution >= 4 is 26.7 Å². The maximum atomic E-state index is 9.86. The first-order valence-electron chi connectivity index (χ1n) is 5.22. The molecule has 17 heavy (non-hydrogen) atoms. The first-order valence-corrected chi connectivity index (χ1v) is 6.02. The van der Waals surface area contributed by atoms with E-state index in [1.54, 1.807) is 13.2 Å². The van der Waals surface area contributed by atoms with Gasteiger partial charge in [0.25, 0.3) is 0 Å². The minimum atomic E-state index is -0.295. The van der Waals surface area contributed by atoms with Crippen molar-refractivity contribution in [2.45, 2.75) is 13.2 Å². The van der Waals surface area contributed by atoms with Crippen molar-refractivity contribution in [2.75, 3.05) is 7.11 Å². The molecule has 0 aliphatic heterocycles. The van der Waals surface area contributed by atoms with Crippen molar-refractivity contribution in [3.05, 3.63) is 34.8 Å². The van der Waals surface area contributed by atoms with Crippen LogP contribution >= 0.6 is 15.9 Å². The van der Waals surface area contributed by atoms with Crippen LogP contribution in [0.25, 0.3) is 10.8 Å². The lowest BCUT2D eigenvalue weighted by Gasteiger charge is -2.13. The third-order valence-electron chi connectivity index (χ3n) is 2.55. The highest BCUT2D eigenvalue weighted by atomic mass is 79.9. The highest BCUT2D eigenvalue weighted by molar-refractivity contribution is 9.10. The van der Waals surface area contributed by atoms with E-state index in [1.807, 2.05) is 31.2 Å². The third-order valence-corrected chi connectivity index (χ3v) is 3.19. The summed E-state index contributed by atoms with van der Waals surface area (Å²) < 4.78 is 11.2. The minimum absolute atomic E-state index is 0.244. The van der Waals surface area contributed by atoms with Crippen molar-refractivity contribution in [1.29, 1.82) is 0 Å². The Hall–Kier alpha value is -1.26. The number of ether oxygens (including phenoxy) is 2. The Balaban J connectivity index is 2.42. The molecule has 2 rings (SSSR count). The van der Waals surface area contributed by atoms with Gasteiger partial charge in [-0.3, -0.25) is 0 Å². The maximum absolute atomic E-state index is 9.86. The van der Waals surface area contributed by atoms with E-state index in [-0.39, 0.29) is 12.0 Å². The number of methoxy groups -OCH3 is 1. The molecule has 0 aliphatic rings. The van der Waals surface area contributed by atoms with E-state index in [9.17, 15) is 5.11 Å². The molecule has 0 saturated heterocycles. The summed E-state index contributed by atoms with van der Waals surface area (Å²) in [6, 6.07) is 9.23. The fraction of sp³-hybridized carbons (Fsp3) is 0.231. The molecular weight excluding hydrogens is 284 g/mol. The number of hydrogen-bond acceptors (Lipinski definition) is 3. The van der Waals surface area contributed by atoms with E-state index in [2.05, 4.69) is 15.9 Å². The molecule has 90 valence electrons. The molecule has 0 amide bonds. The third kappa shape index (κ3) is 2.53. The standard InChI is InChI=1S/C13H13BrO3/c1-8(16-2)17-10-4-5-11-9(7-10)3-6-12(14)13(11)15/h3-8,15H,1-2H3. The molecule has 0 fully saturated rings. The van der Waals surface area contributed by atoms with Crippen LogP contribution in [0.2, 0.25) is 0 Å². The topological polar surface area (TPSA) is 38.7 Å². The Labute approximate surface area is 108 Å². The van der Waals surface area contributed by atoms with E-state index < -0.39 is 0 Å². The molecule has 0 aliphatic carbocycles. The molecule has 1 unspecified atom stereocenters. The Morgan fingerprint density at radius 3 is 2.71 bits per heavy atom. The van der Waals surface area contributed by atoms with Gasteiger partial charge < -0.3 is 14.6 Å². The second-order valence-electron chi connectivity index (χ2n) is 3.70. The molecule has 4 heteroatoms. The van der Waals surface area contributed by atoms with Gasteiger partial charge in [0, 0.05) is 12.5 Å². The van der Waals surface area contributed by atoms with Crippen molar-refractivity contribution in [3.63, 3.8) is 0 Å². The summed E-state index contributed by atoms with van der Waals surface area (Å²) in [4.78, 5) is 0. The zero-order valence-corrected chi connectivity index (χ0v) is 11.2. The van der Waals surface area contributed by atoms with Crippen LogP contribution < -0.4 is 4.74 Å². The molecule has 0 aromatic heterocycles. The van der Waals surface area contributed by atoms with Crippen LogP contribution in [-0.4, -0.2) is 18.5 Å². The number of benzene rings is 2. The van der Waals surface area contributed by atoms with E-state index in [0.29, 0.717) is 10.2 Å². The summed E-state index contributed by atoms with van der Waals surface area (Å²) in [5.74, 6) is 0.961. The lowest BCUT2D eigenvalue weighted by atomic mass is 10.1. The molecule has 1 atom stereocenters. The van der Waals surface area contributed by atoms with E-state index in [1.165, 1.54) is 0 Å². The fourth-order valence-corrected chi connectivity index (χ4v) is 1.92. The highest BCUT2D eigenvalue weighted by Gasteiger charge is 2.07. The number of halogens is 1. The molecule has 0 bridgehead atoms. The van der Waals surface area contributed by atoms with Gasteiger partial charge in [-0.1, -0.05) is 6.07 Å². The van der Waals surface area contributed by atoms with Crippen LogP contribution in [0.5, 0.6) is 11.5 Å². The van der Waals surface area contributed by atoms with Crippen LogP contribution in [0, 0.1) is 0 Å². The molecular formula is C13H13BrO3. The van der Waals surface area contributed by atoms with Gasteiger partial charge in [0.05, 0.1) is 4.47 Å². The van der Waals surface area contributed by atoms with Crippen LogP contribution in [0.3, 0.4) is 0 Å². The average Bonchev–Trinajstić information content (AvgIpc) is 2.34. The average molecular weight is 297 g/mol. The SMILES string of the molecule is COC(C)Oc1ccc2c(O)c(Br)ccc2c1.